The summed E-state index contributed by atoms with van der Waals surface area (Å²) >= 11 is 0. The second-order valence-corrected chi connectivity index (χ2v) is 6.76. The van der Waals surface area contributed by atoms with E-state index in [0.717, 1.165) is 11.1 Å². The smallest absolute Gasteiger partial charge is 0.328 e. The Morgan fingerprint density at radius 2 is 1.52 bits per heavy atom. The number of hydrogen-bond acceptors (Lipinski definition) is 4. The van der Waals surface area contributed by atoms with Gasteiger partial charge < -0.3 is 15.4 Å². The largest absolute Gasteiger partial charge is 0.467 e. The summed E-state index contributed by atoms with van der Waals surface area (Å²) in [7, 11) is 1.24. The molecule has 29 heavy (non-hydrogen) atoms. The van der Waals surface area contributed by atoms with E-state index in [1.807, 2.05) is 31.2 Å². The predicted molar refractivity (Wildman–Crippen MR) is 107 cm³/mol. The van der Waals surface area contributed by atoms with E-state index in [1.165, 1.54) is 20.1 Å². The molecule has 0 unspecified atom stereocenters. The van der Waals surface area contributed by atoms with Gasteiger partial charge >= 0.3 is 5.97 Å². The van der Waals surface area contributed by atoms with Crippen LogP contribution in [0.1, 0.15) is 23.6 Å². The second-order valence-electron chi connectivity index (χ2n) is 6.76. The maximum Gasteiger partial charge on any atom is 0.328 e. The van der Waals surface area contributed by atoms with Crippen molar-refractivity contribution in [1.82, 2.24) is 10.6 Å². The normalized spacial score (nSPS) is 12.6. The lowest BCUT2D eigenvalue weighted by atomic mass is 10.00. The highest BCUT2D eigenvalue weighted by Crippen LogP contribution is 2.12. The molecule has 0 aromatic heterocycles. The third-order valence-electron chi connectivity index (χ3n) is 4.56. The van der Waals surface area contributed by atoms with Gasteiger partial charge in [0.05, 0.1) is 7.11 Å². The highest BCUT2D eigenvalue weighted by atomic mass is 19.1. The number of ether oxygens (including phenoxy) is 1. The van der Waals surface area contributed by atoms with Gasteiger partial charge in [0, 0.05) is 19.8 Å². The van der Waals surface area contributed by atoms with Crippen molar-refractivity contribution in [2.75, 3.05) is 7.11 Å². The number of methoxy groups -OCH3 is 1. The number of halogens is 1. The third-order valence-corrected chi connectivity index (χ3v) is 4.56. The Balaban J connectivity index is 2.20. The van der Waals surface area contributed by atoms with E-state index in [-0.39, 0.29) is 18.4 Å². The van der Waals surface area contributed by atoms with Gasteiger partial charge in [0.1, 0.15) is 17.9 Å². The first kappa shape index (κ1) is 22.1. The number of esters is 1. The first-order chi connectivity index (χ1) is 13.8. The Bertz CT molecular complexity index is 885. The summed E-state index contributed by atoms with van der Waals surface area (Å²) in [5.41, 5.74) is 2.14. The van der Waals surface area contributed by atoms with Crippen molar-refractivity contribution < 1.29 is 23.5 Å². The minimum absolute atomic E-state index is 0.0453. The quantitative estimate of drug-likeness (QED) is 0.665. The van der Waals surface area contributed by atoms with Gasteiger partial charge in [-0.3, -0.25) is 9.59 Å². The lowest BCUT2D eigenvalue weighted by molar-refractivity contribution is -0.145. The fourth-order valence-electron chi connectivity index (χ4n) is 3.01. The number of hydrogen-bond donors (Lipinski definition) is 2. The molecule has 0 aliphatic rings. The molecule has 2 aromatic carbocycles. The van der Waals surface area contributed by atoms with Gasteiger partial charge in [-0.2, -0.15) is 0 Å². The number of benzene rings is 2. The van der Waals surface area contributed by atoms with E-state index in [1.54, 1.807) is 18.2 Å². The molecular formula is C22H25FN2O4. The number of aryl methyl sites for hydroxylation is 1. The monoisotopic (exact) mass is 400 g/mol. The first-order valence-electron chi connectivity index (χ1n) is 9.25. The Kier molecular flexibility index (Phi) is 7.88. The summed E-state index contributed by atoms with van der Waals surface area (Å²) in [5, 5.41) is 5.16. The number of amides is 2. The van der Waals surface area contributed by atoms with E-state index in [2.05, 4.69) is 10.6 Å². The second kappa shape index (κ2) is 10.4. The fraction of sp³-hybridized carbons (Fsp3) is 0.318. The van der Waals surface area contributed by atoms with Gasteiger partial charge in [0.25, 0.3) is 0 Å². The van der Waals surface area contributed by atoms with Crippen LogP contribution in [-0.2, 0) is 32.0 Å². The van der Waals surface area contributed by atoms with Gasteiger partial charge in [0.2, 0.25) is 11.8 Å². The molecule has 0 saturated heterocycles. The van der Waals surface area contributed by atoms with Crippen LogP contribution in [0.15, 0.2) is 48.5 Å². The maximum absolute atomic E-state index is 14.0. The number of carbonyl (C=O) groups excluding carboxylic acids is 3. The molecule has 0 heterocycles. The molecule has 0 spiro atoms. The van der Waals surface area contributed by atoms with Crippen LogP contribution in [0.4, 0.5) is 4.39 Å². The molecule has 2 amide bonds. The Morgan fingerprint density at radius 3 is 2.10 bits per heavy atom. The van der Waals surface area contributed by atoms with Crippen LogP contribution in [0, 0.1) is 12.7 Å². The molecule has 7 heteroatoms. The van der Waals surface area contributed by atoms with Crippen LogP contribution < -0.4 is 10.6 Å². The van der Waals surface area contributed by atoms with E-state index < -0.39 is 35.7 Å². The van der Waals surface area contributed by atoms with Crippen LogP contribution >= 0.6 is 0 Å². The molecule has 154 valence electrons. The van der Waals surface area contributed by atoms with Crippen molar-refractivity contribution in [1.29, 1.82) is 0 Å². The molecule has 6 nitrogen and oxygen atoms in total. The molecule has 0 aliphatic heterocycles. The van der Waals surface area contributed by atoms with Crippen molar-refractivity contribution >= 4 is 17.8 Å². The minimum atomic E-state index is -1.03. The summed E-state index contributed by atoms with van der Waals surface area (Å²) in [6.45, 7) is 3.18. The lowest BCUT2D eigenvalue weighted by Gasteiger charge is -2.22. The highest BCUT2D eigenvalue weighted by Gasteiger charge is 2.28. The van der Waals surface area contributed by atoms with Crippen molar-refractivity contribution in [3.05, 3.63) is 71.0 Å². The average molecular weight is 400 g/mol. The summed E-state index contributed by atoms with van der Waals surface area (Å²) in [4.78, 5) is 36.6. The Labute approximate surface area is 169 Å². The fourth-order valence-corrected chi connectivity index (χ4v) is 3.01. The van der Waals surface area contributed by atoms with Gasteiger partial charge in [-0.25, -0.2) is 9.18 Å². The molecule has 2 rings (SSSR count). The molecule has 2 N–H and O–H groups in total. The number of nitrogens with one attached hydrogen (secondary N) is 2. The van der Waals surface area contributed by atoms with Crippen molar-refractivity contribution in [2.24, 2.45) is 0 Å². The van der Waals surface area contributed by atoms with Gasteiger partial charge in [-0.15, -0.1) is 0 Å². The third kappa shape index (κ3) is 6.41. The van der Waals surface area contributed by atoms with Crippen LogP contribution in [0.25, 0.3) is 0 Å². The molecule has 0 aliphatic carbocycles. The van der Waals surface area contributed by atoms with Crippen LogP contribution in [0.3, 0.4) is 0 Å². The summed E-state index contributed by atoms with van der Waals surface area (Å²) < 4.78 is 18.8. The summed E-state index contributed by atoms with van der Waals surface area (Å²) in [6, 6.07) is 11.5. The predicted octanol–water partition coefficient (Wildman–Crippen LogP) is 2.08. The minimum Gasteiger partial charge on any atom is -0.467 e. The number of rotatable bonds is 8. The maximum atomic E-state index is 14.0. The molecule has 2 atom stereocenters. The van der Waals surface area contributed by atoms with Crippen molar-refractivity contribution in [2.45, 2.75) is 38.8 Å². The van der Waals surface area contributed by atoms with E-state index >= 15 is 0 Å². The molecule has 0 fully saturated rings. The zero-order valence-electron chi connectivity index (χ0n) is 16.7. The van der Waals surface area contributed by atoms with Gasteiger partial charge in [0.15, 0.2) is 0 Å². The van der Waals surface area contributed by atoms with Gasteiger partial charge in [-0.05, 0) is 29.7 Å². The van der Waals surface area contributed by atoms with Gasteiger partial charge in [-0.1, -0.05) is 42.5 Å². The van der Waals surface area contributed by atoms with Crippen LogP contribution in [0.5, 0.6) is 0 Å². The average Bonchev–Trinajstić information content (AvgIpc) is 2.69. The molecule has 0 radical (unpaired) electrons. The molecule has 0 saturated carbocycles. The van der Waals surface area contributed by atoms with Crippen LogP contribution in [0.2, 0.25) is 0 Å². The number of carbonyl (C=O) groups is 3. The van der Waals surface area contributed by atoms with Crippen molar-refractivity contribution in [3.63, 3.8) is 0 Å². The first-order valence-corrected chi connectivity index (χ1v) is 9.25. The van der Waals surface area contributed by atoms with Crippen molar-refractivity contribution in [3.8, 4) is 0 Å². The van der Waals surface area contributed by atoms with E-state index in [0.29, 0.717) is 0 Å². The van der Waals surface area contributed by atoms with Crippen LogP contribution in [-0.4, -0.2) is 37.0 Å². The zero-order chi connectivity index (χ0) is 21.4. The lowest BCUT2D eigenvalue weighted by Crippen LogP contribution is -2.53. The standard InChI is InChI=1S/C22H25FN2O4/c1-14-8-4-5-9-16(14)12-20(22(28)29-3)25-21(27)19(24-15(2)26)13-17-10-6-7-11-18(17)23/h4-11,19-20H,12-13H2,1-3H3,(H,24,26)(H,25,27)/t19-,20-/m1/s1. The zero-order valence-corrected chi connectivity index (χ0v) is 16.7. The summed E-state index contributed by atoms with van der Waals surface area (Å²) in [5.74, 6) is -2.10. The van der Waals surface area contributed by atoms with E-state index in [4.69, 9.17) is 4.74 Å². The molecule has 2 aromatic rings. The highest BCUT2D eigenvalue weighted by molar-refractivity contribution is 5.90. The molecule has 0 bridgehead atoms. The Morgan fingerprint density at radius 1 is 0.931 bits per heavy atom. The summed E-state index contributed by atoms with van der Waals surface area (Å²) in [6.07, 6.45) is 0.188. The van der Waals surface area contributed by atoms with E-state index in [9.17, 15) is 18.8 Å². The Hall–Kier alpha value is -3.22. The molecular weight excluding hydrogens is 375 g/mol. The topological polar surface area (TPSA) is 84.5 Å². The SMILES string of the molecule is COC(=O)[C@@H](Cc1ccccc1C)NC(=O)[C@@H](Cc1ccccc1F)NC(C)=O.